The molecule has 194 valence electrons. The largest absolute Gasteiger partial charge is 0.461 e. The highest BCUT2D eigenvalue weighted by atomic mass is 16.5. The van der Waals surface area contributed by atoms with Crippen molar-refractivity contribution in [2.24, 2.45) is 0 Å². The van der Waals surface area contributed by atoms with Gasteiger partial charge in [-0.05, 0) is 49.2 Å². The molecule has 8 nitrogen and oxygen atoms in total. The van der Waals surface area contributed by atoms with Crippen molar-refractivity contribution in [3.63, 3.8) is 0 Å². The van der Waals surface area contributed by atoms with Gasteiger partial charge in [0.05, 0.1) is 30.2 Å². The number of rotatable bonds is 9. The van der Waals surface area contributed by atoms with E-state index in [4.69, 9.17) is 4.74 Å². The van der Waals surface area contributed by atoms with E-state index in [-0.39, 0.29) is 37.4 Å². The lowest BCUT2D eigenvalue weighted by molar-refractivity contribution is -0.677. The van der Waals surface area contributed by atoms with Crippen molar-refractivity contribution in [3.05, 3.63) is 101 Å². The minimum absolute atomic E-state index is 0.0655. The Balaban J connectivity index is 1.45. The monoisotopic (exact) mass is 512 g/mol. The molecule has 1 aliphatic heterocycles. The number of esters is 1. The second kappa shape index (κ2) is 10.6. The molecular formula is C30H30N3O5+. The Morgan fingerprint density at radius 1 is 0.947 bits per heavy atom. The van der Waals surface area contributed by atoms with Crippen LogP contribution < -0.4 is 4.57 Å². The molecule has 1 N–H and O–H groups in total. The third kappa shape index (κ3) is 4.82. The minimum atomic E-state index is -0.649. The Bertz CT molecular complexity index is 1490. The minimum Gasteiger partial charge on any atom is -0.461 e. The first-order chi connectivity index (χ1) is 18.4. The van der Waals surface area contributed by atoms with Crippen LogP contribution in [-0.4, -0.2) is 38.5 Å². The topological polar surface area (TPSA) is 92.7 Å². The average Bonchev–Trinajstić information content (AvgIpc) is 3.33. The summed E-state index contributed by atoms with van der Waals surface area (Å²) in [6, 6.07) is 22.1. The zero-order chi connectivity index (χ0) is 26.8. The molecule has 2 amide bonds. The number of benzene rings is 3. The van der Waals surface area contributed by atoms with E-state index in [2.05, 4.69) is 0 Å². The first kappa shape index (κ1) is 25.4. The zero-order valence-corrected chi connectivity index (χ0v) is 21.5. The van der Waals surface area contributed by atoms with Gasteiger partial charge in [-0.1, -0.05) is 48.5 Å². The molecule has 1 aliphatic rings. The molecule has 8 heteroatoms. The summed E-state index contributed by atoms with van der Waals surface area (Å²) in [5.74, 6) is -0.263. The summed E-state index contributed by atoms with van der Waals surface area (Å²) in [6.07, 6.45) is -0.536. The molecule has 2 heterocycles. The van der Waals surface area contributed by atoms with Crippen LogP contribution in [0.3, 0.4) is 0 Å². The quantitative estimate of drug-likeness (QED) is 0.211. The number of carbonyl (C=O) groups is 3. The van der Waals surface area contributed by atoms with E-state index >= 15 is 0 Å². The number of carbonyl (C=O) groups excluding carboxylic acids is 3. The molecule has 0 fully saturated rings. The van der Waals surface area contributed by atoms with Crippen molar-refractivity contribution in [2.75, 3.05) is 0 Å². The predicted molar refractivity (Wildman–Crippen MR) is 140 cm³/mol. The van der Waals surface area contributed by atoms with Gasteiger partial charge in [0.15, 0.2) is 11.0 Å². The summed E-state index contributed by atoms with van der Waals surface area (Å²) in [7, 11) is 0. The summed E-state index contributed by atoms with van der Waals surface area (Å²) >= 11 is 0. The van der Waals surface area contributed by atoms with Gasteiger partial charge in [0, 0.05) is 0 Å². The van der Waals surface area contributed by atoms with Crippen LogP contribution >= 0.6 is 0 Å². The number of hydrogen-bond acceptors (Lipinski definition) is 5. The van der Waals surface area contributed by atoms with Gasteiger partial charge in [0.1, 0.15) is 19.7 Å². The molecule has 0 saturated heterocycles. The highest BCUT2D eigenvalue weighted by molar-refractivity contribution is 6.21. The van der Waals surface area contributed by atoms with Crippen molar-refractivity contribution in [1.29, 1.82) is 0 Å². The number of aromatic nitrogens is 2. The normalized spacial score (nSPS) is 13.7. The van der Waals surface area contributed by atoms with E-state index < -0.39 is 6.10 Å². The van der Waals surface area contributed by atoms with Gasteiger partial charge in [-0.3, -0.25) is 19.3 Å². The lowest BCUT2D eigenvalue weighted by atomic mass is 10.1. The van der Waals surface area contributed by atoms with Gasteiger partial charge in [-0.15, -0.1) is 0 Å². The third-order valence-electron chi connectivity index (χ3n) is 6.78. The number of hydrogen-bond donors (Lipinski definition) is 1. The Morgan fingerprint density at radius 3 is 2.24 bits per heavy atom. The van der Waals surface area contributed by atoms with Crippen LogP contribution in [0.1, 0.15) is 51.5 Å². The van der Waals surface area contributed by atoms with Crippen molar-refractivity contribution in [3.8, 4) is 0 Å². The fraction of sp³-hybridized carbons (Fsp3) is 0.267. The highest BCUT2D eigenvalue weighted by Gasteiger charge is 2.38. The number of imidazole rings is 1. The van der Waals surface area contributed by atoms with Gasteiger partial charge in [0.2, 0.25) is 0 Å². The lowest BCUT2D eigenvalue weighted by Gasteiger charge is -2.13. The molecule has 3 aromatic carbocycles. The molecule has 0 bridgehead atoms. The number of imide groups is 1. The molecule has 4 aromatic rings. The predicted octanol–water partition coefficient (Wildman–Crippen LogP) is 3.41. The SMILES string of the molecule is CC[n+]1c(CN2C(=O)c3ccccc3C2=O)n(C[C@H](C)O)c2ccc(CC(=O)OCc3ccccc3)cc21. The maximum atomic E-state index is 13.1. The second-order valence-corrected chi connectivity index (χ2v) is 9.51. The number of aliphatic hydroxyl groups excluding tert-OH is 1. The van der Waals surface area contributed by atoms with Crippen LogP contribution in [-0.2, 0) is 42.2 Å². The number of ether oxygens (including phenoxy) is 1. The molecule has 5 rings (SSSR count). The first-order valence-electron chi connectivity index (χ1n) is 12.7. The number of amides is 2. The molecule has 38 heavy (non-hydrogen) atoms. The van der Waals surface area contributed by atoms with Crippen LogP contribution in [0.15, 0.2) is 72.8 Å². The van der Waals surface area contributed by atoms with Gasteiger partial charge in [0.25, 0.3) is 17.6 Å². The lowest BCUT2D eigenvalue weighted by Crippen LogP contribution is -2.42. The number of aliphatic hydroxyl groups is 1. The number of fused-ring (bicyclic) bond motifs is 2. The fourth-order valence-electron chi connectivity index (χ4n) is 5.02. The fourth-order valence-corrected chi connectivity index (χ4v) is 5.02. The summed E-state index contributed by atoms with van der Waals surface area (Å²) < 4.78 is 9.44. The van der Waals surface area contributed by atoms with Crippen molar-refractivity contribution in [1.82, 2.24) is 9.47 Å². The zero-order valence-electron chi connectivity index (χ0n) is 21.5. The molecule has 0 saturated carbocycles. The molecule has 0 radical (unpaired) electrons. The Kier molecular flexibility index (Phi) is 7.07. The van der Waals surface area contributed by atoms with E-state index in [0.29, 0.717) is 24.2 Å². The van der Waals surface area contributed by atoms with E-state index in [1.165, 1.54) is 4.90 Å². The van der Waals surface area contributed by atoms with Crippen LogP contribution in [0.5, 0.6) is 0 Å². The van der Waals surface area contributed by atoms with Crippen LogP contribution in [0, 0.1) is 0 Å². The maximum Gasteiger partial charge on any atom is 0.310 e. The standard InChI is InChI=1S/C30H30N3O5/c1-3-31-26-15-22(16-28(35)38-19-21-9-5-4-6-10-21)13-14-25(26)32(17-20(2)34)27(31)18-33-29(36)23-11-7-8-12-24(23)30(33)37/h4-15,20,34H,3,16-19H2,1-2H3/q+1/t20-/m0/s1. The summed E-state index contributed by atoms with van der Waals surface area (Å²) in [5.41, 5.74) is 4.21. The van der Waals surface area contributed by atoms with Gasteiger partial charge in [-0.2, -0.15) is 0 Å². The van der Waals surface area contributed by atoms with Crippen molar-refractivity contribution < 1.29 is 28.8 Å². The summed E-state index contributed by atoms with van der Waals surface area (Å²) in [6.45, 7) is 4.83. The van der Waals surface area contributed by atoms with Gasteiger partial charge >= 0.3 is 5.97 Å². The molecule has 0 unspecified atom stereocenters. The molecule has 0 aliphatic carbocycles. The molecule has 1 aromatic heterocycles. The summed E-state index contributed by atoms with van der Waals surface area (Å²) in [4.78, 5) is 40.0. The van der Waals surface area contributed by atoms with Crippen LogP contribution in [0.4, 0.5) is 0 Å². The van der Waals surface area contributed by atoms with Crippen molar-refractivity contribution in [2.45, 2.75) is 52.6 Å². The van der Waals surface area contributed by atoms with E-state index in [0.717, 1.165) is 28.0 Å². The smallest absolute Gasteiger partial charge is 0.310 e. The van der Waals surface area contributed by atoms with Gasteiger partial charge in [-0.25, -0.2) is 9.13 Å². The van der Waals surface area contributed by atoms with Crippen molar-refractivity contribution >= 4 is 28.8 Å². The molecule has 1 atom stereocenters. The Labute approximate surface area is 220 Å². The van der Waals surface area contributed by atoms with E-state index in [9.17, 15) is 19.5 Å². The number of nitrogens with zero attached hydrogens (tertiary/aromatic N) is 3. The second-order valence-electron chi connectivity index (χ2n) is 9.51. The van der Waals surface area contributed by atoms with Gasteiger partial charge < -0.3 is 9.84 Å². The molecular weight excluding hydrogens is 482 g/mol. The maximum absolute atomic E-state index is 13.1. The summed E-state index contributed by atoms with van der Waals surface area (Å²) in [5, 5.41) is 10.3. The number of aryl methyl sites for hydroxylation is 1. The Morgan fingerprint density at radius 2 is 1.61 bits per heavy atom. The highest BCUT2D eigenvalue weighted by Crippen LogP contribution is 2.26. The first-order valence-corrected chi connectivity index (χ1v) is 12.7. The van der Waals surface area contributed by atoms with Crippen LogP contribution in [0.2, 0.25) is 0 Å². The van der Waals surface area contributed by atoms with E-state index in [1.54, 1.807) is 31.2 Å². The van der Waals surface area contributed by atoms with E-state index in [1.807, 2.05) is 64.6 Å². The Hall–Kier alpha value is -4.30. The third-order valence-corrected chi connectivity index (χ3v) is 6.78. The molecule has 0 spiro atoms. The average molecular weight is 513 g/mol. The van der Waals surface area contributed by atoms with Crippen LogP contribution in [0.25, 0.3) is 11.0 Å².